The van der Waals surface area contributed by atoms with Gasteiger partial charge in [-0.25, -0.2) is 8.42 Å². The van der Waals surface area contributed by atoms with Crippen LogP contribution in [0.1, 0.15) is 29.5 Å². The maximum atomic E-state index is 13.7. The fraction of sp³-hybridized carbons (Fsp3) is 0.185. The number of hydrogen-bond donors (Lipinski definition) is 2. The highest BCUT2D eigenvalue weighted by atomic mass is 32.2. The number of para-hydroxylation sites is 1. The molecule has 184 valence electrons. The molecular formula is C27H25N3O5S. The van der Waals surface area contributed by atoms with Crippen molar-refractivity contribution in [1.29, 1.82) is 0 Å². The van der Waals surface area contributed by atoms with E-state index in [1.165, 1.54) is 4.31 Å². The molecule has 1 atom stereocenters. The molecule has 0 spiro atoms. The van der Waals surface area contributed by atoms with Gasteiger partial charge in [0.05, 0.1) is 28.8 Å². The van der Waals surface area contributed by atoms with Gasteiger partial charge in [0.25, 0.3) is 10.0 Å². The van der Waals surface area contributed by atoms with Crippen molar-refractivity contribution in [3.05, 3.63) is 83.6 Å². The van der Waals surface area contributed by atoms with Crippen molar-refractivity contribution in [3.63, 3.8) is 0 Å². The SMILES string of the molecule is Cc1cccc(S(=O)(=O)N2C[C@H](CCC(=O)O)Oc3ccc(/C=C/c4cccc5cn[nH]c45)cc32)c1. The van der Waals surface area contributed by atoms with Gasteiger partial charge in [-0.3, -0.25) is 14.2 Å². The van der Waals surface area contributed by atoms with Crippen molar-refractivity contribution in [2.24, 2.45) is 0 Å². The summed E-state index contributed by atoms with van der Waals surface area (Å²) in [5.41, 5.74) is 3.92. The van der Waals surface area contributed by atoms with Crippen LogP contribution in [0.5, 0.6) is 5.75 Å². The molecule has 1 aliphatic rings. The standard InChI is InChI=1S/C27H25N3O5S/c1-18-4-2-7-23(14-18)36(33,34)30-17-22(11-13-26(31)32)35-25-12-9-19(15-24(25)30)8-10-20-5-3-6-21-16-28-29-27(20)21/h2-10,12,14-16,22H,11,13,17H2,1H3,(H,28,29)(H,31,32)/b10-8+/t22-/m0/s1. The first-order valence-electron chi connectivity index (χ1n) is 11.5. The van der Waals surface area contributed by atoms with Gasteiger partial charge in [0.2, 0.25) is 0 Å². The number of carboxylic acids is 1. The van der Waals surface area contributed by atoms with E-state index in [1.54, 1.807) is 36.5 Å². The van der Waals surface area contributed by atoms with E-state index in [4.69, 9.17) is 9.84 Å². The number of hydrogen-bond acceptors (Lipinski definition) is 5. The molecule has 0 bridgehead atoms. The minimum Gasteiger partial charge on any atom is -0.486 e. The Balaban J connectivity index is 1.53. The van der Waals surface area contributed by atoms with Crippen LogP contribution in [0, 0.1) is 6.92 Å². The first-order valence-corrected chi connectivity index (χ1v) is 13.0. The maximum absolute atomic E-state index is 13.7. The molecule has 0 radical (unpaired) electrons. The highest BCUT2D eigenvalue weighted by Gasteiger charge is 2.34. The molecule has 8 nitrogen and oxygen atoms in total. The maximum Gasteiger partial charge on any atom is 0.303 e. The van der Waals surface area contributed by atoms with Crippen LogP contribution in [0.25, 0.3) is 23.1 Å². The normalized spacial score (nSPS) is 15.7. The van der Waals surface area contributed by atoms with E-state index < -0.39 is 22.1 Å². The predicted molar refractivity (Wildman–Crippen MR) is 138 cm³/mol. The lowest BCUT2D eigenvalue weighted by Crippen LogP contribution is -2.43. The van der Waals surface area contributed by atoms with Crippen LogP contribution in [0.2, 0.25) is 0 Å². The van der Waals surface area contributed by atoms with Gasteiger partial charge in [-0.05, 0) is 48.7 Å². The summed E-state index contributed by atoms with van der Waals surface area (Å²) in [7, 11) is -3.91. The number of aromatic amines is 1. The molecule has 3 aromatic carbocycles. The minimum atomic E-state index is -3.91. The number of carboxylic acid groups (broad SMARTS) is 1. The molecule has 1 aromatic heterocycles. The van der Waals surface area contributed by atoms with E-state index >= 15 is 0 Å². The molecular weight excluding hydrogens is 478 g/mol. The molecule has 0 fully saturated rings. The van der Waals surface area contributed by atoms with Crippen LogP contribution in [0.15, 0.2) is 71.8 Å². The van der Waals surface area contributed by atoms with Crippen molar-refractivity contribution in [2.75, 3.05) is 10.8 Å². The van der Waals surface area contributed by atoms with Crippen LogP contribution in [0.3, 0.4) is 0 Å². The first kappa shape index (κ1) is 23.6. The Morgan fingerprint density at radius 1 is 1.17 bits per heavy atom. The zero-order chi connectivity index (χ0) is 25.3. The number of carbonyl (C=O) groups is 1. The van der Waals surface area contributed by atoms with Crippen LogP contribution in [0.4, 0.5) is 5.69 Å². The van der Waals surface area contributed by atoms with E-state index in [0.29, 0.717) is 11.4 Å². The molecule has 4 aromatic rings. The van der Waals surface area contributed by atoms with Crippen molar-refractivity contribution in [2.45, 2.75) is 30.8 Å². The number of H-pyrrole nitrogens is 1. The highest BCUT2D eigenvalue weighted by Crippen LogP contribution is 2.39. The lowest BCUT2D eigenvalue weighted by atomic mass is 10.1. The van der Waals surface area contributed by atoms with Gasteiger partial charge in [0.15, 0.2) is 0 Å². The number of aryl methyl sites for hydroxylation is 1. The molecule has 0 aliphatic carbocycles. The summed E-state index contributed by atoms with van der Waals surface area (Å²) in [6, 6.07) is 18.0. The monoisotopic (exact) mass is 503 g/mol. The van der Waals surface area contributed by atoms with Gasteiger partial charge in [0, 0.05) is 17.4 Å². The van der Waals surface area contributed by atoms with E-state index in [0.717, 1.165) is 27.6 Å². The number of rotatable bonds is 7. The molecule has 0 amide bonds. The second-order valence-electron chi connectivity index (χ2n) is 8.77. The van der Waals surface area contributed by atoms with Gasteiger partial charge < -0.3 is 9.84 Å². The molecule has 0 saturated heterocycles. The number of nitrogens with one attached hydrogen (secondary N) is 1. The molecule has 0 saturated carbocycles. The topological polar surface area (TPSA) is 113 Å². The fourth-order valence-corrected chi connectivity index (χ4v) is 5.92. The van der Waals surface area contributed by atoms with Gasteiger partial charge in [-0.15, -0.1) is 0 Å². The first-order chi connectivity index (χ1) is 17.3. The lowest BCUT2D eigenvalue weighted by Gasteiger charge is -2.35. The Morgan fingerprint density at radius 3 is 2.81 bits per heavy atom. The van der Waals surface area contributed by atoms with Crippen molar-refractivity contribution >= 4 is 44.7 Å². The lowest BCUT2D eigenvalue weighted by molar-refractivity contribution is -0.137. The Kier molecular flexibility index (Phi) is 6.24. The quantitative estimate of drug-likeness (QED) is 0.348. The fourth-order valence-electron chi connectivity index (χ4n) is 4.31. The van der Waals surface area contributed by atoms with E-state index in [-0.39, 0.29) is 24.3 Å². The van der Waals surface area contributed by atoms with Crippen molar-refractivity contribution < 1.29 is 23.1 Å². The number of sulfonamides is 1. The zero-order valence-electron chi connectivity index (χ0n) is 19.6. The third-order valence-electron chi connectivity index (χ3n) is 6.14. The number of anilines is 1. The summed E-state index contributed by atoms with van der Waals surface area (Å²) in [5.74, 6) is -0.550. The number of ether oxygens (including phenoxy) is 1. The zero-order valence-corrected chi connectivity index (χ0v) is 20.4. The predicted octanol–water partition coefficient (Wildman–Crippen LogP) is 4.86. The Bertz CT molecular complexity index is 1580. The molecule has 36 heavy (non-hydrogen) atoms. The van der Waals surface area contributed by atoms with E-state index in [9.17, 15) is 13.2 Å². The Hall–Kier alpha value is -4.11. The molecule has 5 rings (SSSR count). The molecule has 2 heterocycles. The van der Waals surface area contributed by atoms with E-state index in [2.05, 4.69) is 10.2 Å². The van der Waals surface area contributed by atoms with Gasteiger partial charge in [-0.1, -0.05) is 48.6 Å². The molecule has 2 N–H and O–H groups in total. The van der Waals surface area contributed by atoms with Crippen LogP contribution < -0.4 is 9.04 Å². The van der Waals surface area contributed by atoms with Crippen LogP contribution in [-0.4, -0.2) is 42.3 Å². The summed E-state index contributed by atoms with van der Waals surface area (Å²) >= 11 is 0. The summed E-state index contributed by atoms with van der Waals surface area (Å²) in [5, 5.41) is 17.2. The second-order valence-corrected chi connectivity index (χ2v) is 10.6. The van der Waals surface area contributed by atoms with Crippen molar-refractivity contribution in [3.8, 4) is 5.75 Å². The smallest absolute Gasteiger partial charge is 0.303 e. The number of fused-ring (bicyclic) bond motifs is 2. The molecule has 1 aliphatic heterocycles. The average molecular weight is 504 g/mol. The second kappa shape index (κ2) is 9.50. The largest absolute Gasteiger partial charge is 0.486 e. The van der Waals surface area contributed by atoms with Crippen LogP contribution in [-0.2, 0) is 14.8 Å². The molecule has 0 unspecified atom stereocenters. The number of benzene rings is 3. The Morgan fingerprint density at radius 2 is 2.00 bits per heavy atom. The van der Waals surface area contributed by atoms with Crippen molar-refractivity contribution in [1.82, 2.24) is 10.2 Å². The number of aromatic nitrogens is 2. The summed E-state index contributed by atoms with van der Waals surface area (Å²) in [6.45, 7) is 1.86. The van der Waals surface area contributed by atoms with Gasteiger partial charge in [0.1, 0.15) is 11.9 Å². The summed E-state index contributed by atoms with van der Waals surface area (Å²) in [6.07, 6.45) is 5.12. The summed E-state index contributed by atoms with van der Waals surface area (Å²) in [4.78, 5) is 11.3. The van der Waals surface area contributed by atoms with E-state index in [1.807, 2.05) is 49.4 Å². The molecule has 9 heteroatoms. The summed E-state index contributed by atoms with van der Waals surface area (Å²) < 4.78 is 34.8. The third kappa shape index (κ3) is 4.70. The number of nitrogens with zero attached hydrogens (tertiary/aromatic N) is 2. The Labute approximate surface area is 208 Å². The minimum absolute atomic E-state index is 0.0250. The average Bonchev–Trinajstić information content (AvgIpc) is 3.35. The highest BCUT2D eigenvalue weighted by molar-refractivity contribution is 7.92. The van der Waals surface area contributed by atoms with Gasteiger partial charge >= 0.3 is 5.97 Å². The third-order valence-corrected chi connectivity index (χ3v) is 7.91. The van der Waals surface area contributed by atoms with Crippen LogP contribution >= 0.6 is 0 Å². The van der Waals surface area contributed by atoms with Gasteiger partial charge in [-0.2, -0.15) is 5.10 Å². The number of aliphatic carboxylic acids is 1.